The van der Waals surface area contributed by atoms with E-state index in [4.69, 9.17) is 15.0 Å². The van der Waals surface area contributed by atoms with Crippen LogP contribution in [0.2, 0.25) is 0 Å². The minimum Gasteiger partial charge on any atom is -0.652 e. The Hall–Kier alpha value is 0.818. The van der Waals surface area contributed by atoms with Crippen molar-refractivity contribution in [2.24, 2.45) is 0 Å². The van der Waals surface area contributed by atoms with E-state index in [1.165, 1.54) is 0 Å². The van der Waals surface area contributed by atoms with Crippen LogP contribution in [0.1, 0.15) is 0 Å². The molecule has 0 amide bonds. The Balaban J connectivity index is -0.0000000150. The van der Waals surface area contributed by atoms with Gasteiger partial charge in [0.25, 0.3) is 0 Å². The topological polar surface area (TPSA) is 63.2 Å². The van der Waals surface area contributed by atoms with Gasteiger partial charge in [-0.15, -0.1) is 0 Å². The van der Waals surface area contributed by atoms with Crippen molar-refractivity contribution in [3.05, 3.63) is 0 Å². The molecule has 0 saturated carbocycles. The molecule has 0 radical (unpaired) electrons. The summed E-state index contributed by atoms with van der Waals surface area (Å²) < 4.78 is 0. The fraction of sp³-hybridized carbons (Fsp3) is 0. The normalized spacial score (nSPS) is 3.43. The van der Waals surface area contributed by atoms with Crippen LogP contribution in [0.4, 0.5) is 4.79 Å². The van der Waals surface area contributed by atoms with Crippen molar-refractivity contribution in [1.29, 1.82) is 0 Å². The van der Waals surface area contributed by atoms with Crippen LogP contribution in [0.25, 0.3) is 0 Å². The van der Waals surface area contributed by atoms with Crippen LogP contribution in [-0.2, 0) is 21.1 Å². The molecule has 0 bridgehead atoms. The van der Waals surface area contributed by atoms with Crippen molar-refractivity contribution in [2.75, 3.05) is 0 Å². The van der Waals surface area contributed by atoms with E-state index in [2.05, 4.69) is 0 Å². The van der Waals surface area contributed by atoms with Crippen molar-refractivity contribution in [3.8, 4) is 0 Å². The van der Waals surface area contributed by atoms with Gasteiger partial charge >= 0.3 is 21.1 Å². The average molecular weight is 323 g/mol. The van der Waals surface area contributed by atoms with E-state index in [1.54, 1.807) is 0 Å². The molecule has 0 aromatic heterocycles. The van der Waals surface area contributed by atoms with Gasteiger partial charge in [0.2, 0.25) is 0 Å². The molecule has 0 aliphatic rings. The van der Waals surface area contributed by atoms with Crippen molar-refractivity contribution in [2.45, 2.75) is 0 Å². The summed E-state index contributed by atoms with van der Waals surface area (Å²) in [6.07, 6.45) is -2.33. The van der Waals surface area contributed by atoms with Gasteiger partial charge in [0, 0.05) is 0 Å². The molecule has 48 valence electrons. The zero-order valence-corrected chi connectivity index (χ0v) is 8.56. The number of hydrogen-bond acceptors (Lipinski definition) is 3. The Morgan fingerprint density at radius 3 is 1.14 bits per heavy atom. The molecule has 6 heteroatoms. The van der Waals surface area contributed by atoms with Gasteiger partial charge in [-0.05, 0) is 6.16 Å². The van der Waals surface area contributed by atoms with Gasteiger partial charge in [-0.3, -0.25) is 0 Å². The van der Waals surface area contributed by atoms with Gasteiger partial charge in [0.1, 0.15) is 0 Å². The Morgan fingerprint density at radius 1 is 1.14 bits per heavy atom. The Labute approximate surface area is 62.4 Å². The smallest absolute Gasteiger partial charge is 0.652 e. The number of carboxylic acid groups (broad SMARTS) is 2. The first-order valence-electron chi connectivity index (χ1n) is 0.612. The van der Waals surface area contributed by atoms with Gasteiger partial charge in [-0.25, -0.2) is 0 Å². The van der Waals surface area contributed by atoms with Crippen LogP contribution >= 0.6 is 19.8 Å². The molecule has 0 N–H and O–H groups in total. The molecule has 0 fully saturated rings. The molecule has 0 aliphatic carbocycles. The van der Waals surface area contributed by atoms with E-state index < -0.39 is 6.16 Å². The second-order valence-electron chi connectivity index (χ2n) is 0.250. The standard InChI is InChI=1S/CH2O3.2H3P.Pt/c2-1(3)4;;;/h(H2,2,3,4);2*1H3;/q;;;+2/p-2. The van der Waals surface area contributed by atoms with Gasteiger partial charge < -0.3 is 15.0 Å². The van der Waals surface area contributed by atoms with E-state index in [-0.39, 0.29) is 40.9 Å². The largest absolute Gasteiger partial charge is 2.00 e. The molecule has 0 heterocycles. The van der Waals surface area contributed by atoms with Crippen LogP contribution in [0.15, 0.2) is 0 Å². The van der Waals surface area contributed by atoms with E-state index >= 15 is 0 Å². The zero-order chi connectivity index (χ0) is 3.58. The van der Waals surface area contributed by atoms with Crippen molar-refractivity contribution in [3.63, 3.8) is 0 Å². The maximum Gasteiger partial charge on any atom is 2.00 e. The average Bonchev–Trinajstić information content (AvgIpc) is 0.811. The molecular formula is CH6O3P2Pt. The van der Waals surface area contributed by atoms with Crippen LogP contribution in [0.3, 0.4) is 0 Å². The molecule has 0 aliphatic heterocycles. The monoisotopic (exact) mass is 323 g/mol. The number of carbonyl (C=O) groups excluding carboxylic acids is 1. The molecule has 2 unspecified atom stereocenters. The molecule has 0 saturated heterocycles. The second kappa shape index (κ2) is 15.8. The molecule has 0 aromatic carbocycles. The summed E-state index contributed by atoms with van der Waals surface area (Å²) in [5, 5.41) is 16.7. The second-order valence-corrected chi connectivity index (χ2v) is 0.250. The van der Waals surface area contributed by atoms with Crippen molar-refractivity contribution in [1.82, 2.24) is 0 Å². The molecular weight excluding hydrogens is 317 g/mol. The van der Waals surface area contributed by atoms with Gasteiger partial charge in [-0.1, -0.05) is 0 Å². The number of carbonyl (C=O) groups is 1. The predicted molar refractivity (Wildman–Crippen MR) is 27.6 cm³/mol. The molecule has 0 aromatic rings. The summed E-state index contributed by atoms with van der Waals surface area (Å²) in [6.45, 7) is 0. The van der Waals surface area contributed by atoms with Crippen LogP contribution in [-0.4, -0.2) is 6.16 Å². The first kappa shape index (κ1) is 24.9. The predicted octanol–water partition coefficient (Wildman–Crippen LogP) is -2.33. The Kier molecular flexibility index (Phi) is 56.4. The number of rotatable bonds is 0. The van der Waals surface area contributed by atoms with Gasteiger partial charge in [-0.2, -0.15) is 19.8 Å². The van der Waals surface area contributed by atoms with Gasteiger partial charge in [0.05, 0.1) is 0 Å². The molecule has 3 nitrogen and oxygen atoms in total. The van der Waals surface area contributed by atoms with E-state index in [0.29, 0.717) is 0 Å². The summed E-state index contributed by atoms with van der Waals surface area (Å²) in [4.78, 5) is 8.33. The zero-order valence-electron chi connectivity index (χ0n) is 3.46. The minimum atomic E-state index is -2.33. The Bertz CT molecular complexity index is 35.9. The summed E-state index contributed by atoms with van der Waals surface area (Å²) in [7, 11) is 0. The Morgan fingerprint density at radius 2 is 1.14 bits per heavy atom. The molecule has 0 spiro atoms. The summed E-state index contributed by atoms with van der Waals surface area (Å²) >= 11 is 0. The first-order valence-corrected chi connectivity index (χ1v) is 0.612. The van der Waals surface area contributed by atoms with Crippen molar-refractivity contribution < 1.29 is 36.1 Å². The third-order valence-corrected chi connectivity index (χ3v) is 0. The fourth-order valence-electron chi connectivity index (χ4n) is 0. The number of hydrogen-bond donors (Lipinski definition) is 0. The summed E-state index contributed by atoms with van der Waals surface area (Å²) in [6, 6.07) is 0. The van der Waals surface area contributed by atoms with Crippen LogP contribution in [0.5, 0.6) is 0 Å². The van der Waals surface area contributed by atoms with Crippen LogP contribution in [0, 0.1) is 0 Å². The quantitative estimate of drug-likeness (QED) is 0.470. The third kappa shape index (κ3) is 236. The minimum absolute atomic E-state index is 0. The van der Waals surface area contributed by atoms with E-state index in [0.717, 1.165) is 0 Å². The van der Waals surface area contributed by atoms with E-state index in [1.807, 2.05) is 0 Å². The summed E-state index contributed by atoms with van der Waals surface area (Å²) in [5.41, 5.74) is 0. The van der Waals surface area contributed by atoms with Crippen LogP contribution < -0.4 is 10.2 Å². The SMILES string of the molecule is O=C([O-])[O-].P.P.[Pt+2]. The summed E-state index contributed by atoms with van der Waals surface area (Å²) in [5.74, 6) is 0. The molecule has 2 atom stereocenters. The van der Waals surface area contributed by atoms with E-state index in [9.17, 15) is 0 Å². The first-order chi connectivity index (χ1) is 1.73. The molecule has 7 heavy (non-hydrogen) atoms. The molecule has 0 rings (SSSR count). The third-order valence-electron chi connectivity index (χ3n) is 0. The fourth-order valence-corrected chi connectivity index (χ4v) is 0. The maximum atomic E-state index is 8.33. The maximum absolute atomic E-state index is 8.33. The van der Waals surface area contributed by atoms with Gasteiger partial charge in [0.15, 0.2) is 0 Å². The van der Waals surface area contributed by atoms with Crippen molar-refractivity contribution >= 4 is 26.0 Å².